The highest BCUT2D eigenvalue weighted by Crippen LogP contribution is 2.45. The van der Waals surface area contributed by atoms with Crippen molar-refractivity contribution in [3.63, 3.8) is 0 Å². The van der Waals surface area contributed by atoms with Crippen molar-refractivity contribution >= 4 is 5.91 Å². The number of hydrogen-bond donors (Lipinski definition) is 1. The first-order valence-electron chi connectivity index (χ1n) is 12.2. The van der Waals surface area contributed by atoms with Gasteiger partial charge in [0, 0.05) is 24.7 Å². The summed E-state index contributed by atoms with van der Waals surface area (Å²) in [6, 6.07) is 10.7. The topological polar surface area (TPSA) is 61.5 Å². The molecule has 0 spiro atoms. The zero-order chi connectivity index (χ0) is 21.7. The van der Waals surface area contributed by atoms with E-state index in [9.17, 15) is 4.79 Å². The molecule has 3 aliphatic heterocycles. The van der Waals surface area contributed by atoms with Gasteiger partial charge in [-0.3, -0.25) is 14.8 Å². The van der Waals surface area contributed by atoms with Crippen molar-refractivity contribution in [2.24, 2.45) is 11.8 Å². The number of methoxy groups -OCH3 is 1. The first kappa shape index (κ1) is 20.0. The van der Waals surface area contributed by atoms with E-state index in [1.807, 2.05) is 30.3 Å². The molecule has 0 radical (unpaired) electrons. The minimum atomic E-state index is 0.0773. The van der Waals surface area contributed by atoms with Crippen molar-refractivity contribution in [1.29, 1.82) is 0 Å². The van der Waals surface area contributed by atoms with Crippen molar-refractivity contribution in [1.82, 2.24) is 20.0 Å². The number of carbonyl (C=O) groups is 1. The van der Waals surface area contributed by atoms with Crippen LogP contribution in [0.15, 0.2) is 42.0 Å². The average Bonchev–Trinajstić information content (AvgIpc) is 3.33. The summed E-state index contributed by atoms with van der Waals surface area (Å²) in [4.78, 5) is 18.5. The zero-order valence-electron chi connectivity index (χ0n) is 18.8. The van der Waals surface area contributed by atoms with Gasteiger partial charge in [0.2, 0.25) is 0 Å². The number of nitrogens with one attached hydrogen (secondary N) is 1. The van der Waals surface area contributed by atoms with E-state index in [0.29, 0.717) is 17.5 Å². The van der Waals surface area contributed by atoms with Crippen LogP contribution in [0.3, 0.4) is 0 Å². The van der Waals surface area contributed by atoms with Gasteiger partial charge in [-0.2, -0.15) is 5.10 Å². The van der Waals surface area contributed by atoms with Gasteiger partial charge in [-0.25, -0.2) is 0 Å². The number of fused-ring (bicyclic) bond motifs is 6. The predicted octanol–water partition coefficient (Wildman–Crippen LogP) is 4.12. The van der Waals surface area contributed by atoms with Gasteiger partial charge < -0.3 is 9.64 Å². The molecule has 6 heteroatoms. The average molecular weight is 433 g/mol. The summed E-state index contributed by atoms with van der Waals surface area (Å²) in [7, 11) is 1.66. The van der Waals surface area contributed by atoms with E-state index in [0.717, 1.165) is 49.0 Å². The van der Waals surface area contributed by atoms with Crippen LogP contribution in [0, 0.1) is 11.8 Å². The first-order valence-corrected chi connectivity index (χ1v) is 12.2. The fourth-order valence-electron chi connectivity index (χ4n) is 6.78. The monoisotopic (exact) mass is 432 g/mol. The maximum absolute atomic E-state index is 13.7. The minimum Gasteiger partial charge on any atom is -0.496 e. The molecule has 2 aromatic rings. The van der Waals surface area contributed by atoms with Crippen molar-refractivity contribution in [3.8, 4) is 17.0 Å². The van der Waals surface area contributed by atoms with E-state index in [1.54, 1.807) is 7.11 Å². The number of nitrogens with zero attached hydrogens (tertiary/aromatic N) is 3. The lowest BCUT2D eigenvalue weighted by Crippen LogP contribution is -2.60. The molecule has 1 aliphatic carbocycles. The van der Waals surface area contributed by atoms with Gasteiger partial charge in [0.25, 0.3) is 5.91 Å². The van der Waals surface area contributed by atoms with Gasteiger partial charge >= 0.3 is 0 Å². The summed E-state index contributed by atoms with van der Waals surface area (Å²) in [5, 5.41) is 7.48. The molecule has 3 fully saturated rings. The number of benzene rings is 1. The second-order valence-corrected chi connectivity index (χ2v) is 9.87. The van der Waals surface area contributed by atoms with E-state index < -0.39 is 0 Å². The molecule has 6 nitrogen and oxygen atoms in total. The molecule has 1 aromatic carbocycles. The Hall–Kier alpha value is -2.60. The highest BCUT2D eigenvalue weighted by molar-refractivity contribution is 5.94. The second-order valence-electron chi connectivity index (χ2n) is 9.87. The number of amides is 1. The van der Waals surface area contributed by atoms with Crippen LogP contribution in [-0.4, -0.2) is 64.7 Å². The Morgan fingerprint density at radius 3 is 3.00 bits per heavy atom. The van der Waals surface area contributed by atoms with Crippen LogP contribution in [-0.2, 0) is 0 Å². The van der Waals surface area contributed by atoms with Crippen LogP contribution in [0.1, 0.15) is 49.0 Å². The molecular formula is C26H32N4O2. The Morgan fingerprint density at radius 2 is 2.09 bits per heavy atom. The maximum Gasteiger partial charge on any atom is 0.272 e. The third kappa shape index (κ3) is 3.27. The molecule has 3 saturated heterocycles. The number of carbonyl (C=O) groups excluding carboxylic acids is 1. The number of ether oxygens (including phenoxy) is 1. The van der Waals surface area contributed by atoms with Crippen molar-refractivity contribution in [3.05, 3.63) is 47.7 Å². The van der Waals surface area contributed by atoms with Crippen molar-refractivity contribution < 1.29 is 9.53 Å². The predicted molar refractivity (Wildman–Crippen MR) is 124 cm³/mol. The summed E-state index contributed by atoms with van der Waals surface area (Å²) < 4.78 is 5.48. The van der Waals surface area contributed by atoms with E-state index in [-0.39, 0.29) is 11.9 Å². The van der Waals surface area contributed by atoms with E-state index in [4.69, 9.17) is 4.74 Å². The molecule has 4 atom stereocenters. The van der Waals surface area contributed by atoms with Gasteiger partial charge in [0.15, 0.2) is 0 Å². The molecule has 4 unspecified atom stereocenters. The quantitative estimate of drug-likeness (QED) is 0.741. The molecule has 1 N–H and O–H groups in total. The van der Waals surface area contributed by atoms with Gasteiger partial charge in [-0.15, -0.1) is 0 Å². The van der Waals surface area contributed by atoms with Crippen LogP contribution in [0.25, 0.3) is 11.3 Å². The van der Waals surface area contributed by atoms with Crippen LogP contribution in [0.5, 0.6) is 5.75 Å². The van der Waals surface area contributed by atoms with Gasteiger partial charge in [-0.05, 0) is 68.7 Å². The second kappa shape index (κ2) is 8.07. The number of para-hydroxylation sites is 1. The smallest absolute Gasteiger partial charge is 0.272 e. The lowest BCUT2D eigenvalue weighted by atomic mass is 9.68. The fourth-order valence-corrected chi connectivity index (χ4v) is 6.78. The minimum absolute atomic E-state index is 0.0773. The Bertz CT molecular complexity index is 1040. The lowest BCUT2D eigenvalue weighted by Gasteiger charge is -2.54. The summed E-state index contributed by atoms with van der Waals surface area (Å²) in [6.07, 6.45) is 10.0. The number of likely N-dealkylation sites (tertiary alicyclic amines) is 1. The largest absolute Gasteiger partial charge is 0.496 e. The molecule has 4 heterocycles. The summed E-state index contributed by atoms with van der Waals surface area (Å²) in [5.74, 6) is 2.07. The van der Waals surface area contributed by atoms with Crippen LogP contribution < -0.4 is 4.74 Å². The maximum atomic E-state index is 13.7. The number of rotatable bonds is 3. The molecule has 168 valence electrons. The summed E-state index contributed by atoms with van der Waals surface area (Å²) in [6.45, 7) is 3.20. The van der Waals surface area contributed by atoms with Gasteiger partial charge in [0.1, 0.15) is 11.4 Å². The molecule has 1 aromatic heterocycles. The highest BCUT2D eigenvalue weighted by atomic mass is 16.5. The molecule has 32 heavy (non-hydrogen) atoms. The third-order valence-electron chi connectivity index (χ3n) is 8.11. The molecule has 2 bridgehead atoms. The Morgan fingerprint density at radius 1 is 1.19 bits per heavy atom. The summed E-state index contributed by atoms with van der Waals surface area (Å²) >= 11 is 0. The Labute approximate surface area is 189 Å². The first-order chi connectivity index (χ1) is 15.7. The van der Waals surface area contributed by atoms with Crippen LogP contribution >= 0.6 is 0 Å². The SMILES string of the molecule is COc1ccccc1-c1cc(C(=O)N2CCCC3=CC4CC(CN5CCCCC45)C32)[nH]n1. The molecular weight excluding hydrogens is 400 g/mol. The van der Waals surface area contributed by atoms with E-state index >= 15 is 0 Å². The summed E-state index contributed by atoms with van der Waals surface area (Å²) in [5.41, 5.74) is 3.73. The Balaban J connectivity index is 1.28. The number of piperidine rings is 3. The van der Waals surface area contributed by atoms with Crippen LogP contribution in [0.2, 0.25) is 0 Å². The van der Waals surface area contributed by atoms with Crippen molar-refractivity contribution in [2.45, 2.75) is 50.6 Å². The number of aromatic amines is 1. The Kier molecular flexibility index (Phi) is 5.05. The van der Waals surface area contributed by atoms with Gasteiger partial charge in [0.05, 0.1) is 18.8 Å². The lowest BCUT2D eigenvalue weighted by molar-refractivity contribution is 0.00131. The number of aromatic nitrogens is 2. The van der Waals surface area contributed by atoms with E-state index in [2.05, 4.69) is 26.1 Å². The van der Waals surface area contributed by atoms with E-state index in [1.165, 1.54) is 37.8 Å². The van der Waals surface area contributed by atoms with Crippen molar-refractivity contribution in [2.75, 3.05) is 26.7 Å². The number of H-pyrrole nitrogens is 1. The molecule has 0 saturated carbocycles. The zero-order valence-corrected chi connectivity index (χ0v) is 18.8. The van der Waals surface area contributed by atoms with Crippen LogP contribution in [0.4, 0.5) is 0 Å². The van der Waals surface area contributed by atoms with Gasteiger partial charge in [-0.1, -0.05) is 30.2 Å². The molecule has 6 rings (SSSR count). The molecule has 4 aliphatic rings. The number of hydrogen-bond acceptors (Lipinski definition) is 4. The molecule has 1 amide bonds. The highest BCUT2D eigenvalue weighted by Gasteiger charge is 2.47. The third-order valence-corrected chi connectivity index (χ3v) is 8.11. The standard InChI is InChI=1S/C26H32N4O2/c1-32-24-10-3-2-8-20(24)21-15-22(28-27-21)26(31)30-12-6-7-17-13-18-14-19(25(17)30)16-29-11-5-4-9-23(18)29/h2-3,8,10,13,15,18-19,23,25H,4-7,9,11-12,14,16H2,1H3,(H,27,28). The normalized spacial score (nSPS) is 29.7. The fraction of sp³-hybridized carbons (Fsp3) is 0.538.